The van der Waals surface area contributed by atoms with Gasteiger partial charge in [0.05, 0.1) is 6.04 Å². The van der Waals surface area contributed by atoms with E-state index in [9.17, 15) is 0 Å². The van der Waals surface area contributed by atoms with Crippen molar-refractivity contribution in [3.8, 4) is 0 Å². The molecule has 1 saturated carbocycles. The molecule has 0 aliphatic heterocycles. The van der Waals surface area contributed by atoms with Gasteiger partial charge >= 0.3 is 0 Å². The molecular weight excluding hydrogens is 198 g/mol. The Labute approximate surface area is 97.7 Å². The van der Waals surface area contributed by atoms with Crippen LogP contribution in [0.3, 0.4) is 0 Å². The monoisotopic (exact) mass is 219 g/mol. The van der Waals surface area contributed by atoms with E-state index < -0.39 is 0 Å². The van der Waals surface area contributed by atoms with Crippen molar-refractivity contribution >= 4 is 0 Å². The normalized spacial score (nSPS) is 19.8. The van der Waals surface area contributed by atoms with Gasteiger partial charge in [0.1, 0.15) is 0 Å². The van der Waals surface area contributed by atoms with Crippen LogP contribution in [0.15, 0.2) is 24.5 Å². The lowest BCUT2D eigenvalue weighted by molar-refractivity contribution is 0.210. The first-order valence-corrected chi connectivity index (χ1v) is 6.04. The van der Waals surface area contributed by atoms with Crippen molar-refractivity contribution in [1.82, 2.24) is 9.88 Å². The summed E-state index contributed by atoms with van der Waals surface area (Å²) < 4.78 is 0. The molecule has 3 nitrogen and oxygen atoms in total. The molecule has 2 atom stereocenters. The average Bonchev–Trinajstić information content (AvgIpc) is 3.03. The minimum Gasteiger partial charge on any atom is -0.326 e. The molecule has 2 unspecified atom stereocenters. The third kappa shape index (κ3) is 2.80. The number of hydrogen-bond donors (Lipinski definition) is 1. The Morgan fingerprint density at radius 3 is 2.81 bits per heavy atom. The number of pyridine rings is 1. The van der Waals surface area contributed by atoms with Crippen LogP contribution in [0.1, 0.15) is 31.4 Å². The average molecular weight is 219 g/mol. The van der Waals surface area contributed by atoms with Gasteiger partial charge in [-0.1, -0.05) is 6.07 Å². The fourth-order valence-corrected chi connectivity index (χ4v) is 2.33. The molecule has 1 aliphatic rings. The van der Waals surface area contributed by atoms with Crippen molar-refractivity contribution in [1.29, 1.82) is 0 Å². The maximum atomic E-state index is 6.10. The van der Waals surface area contributed by atoms with Gasteiger partial charge in [0.2, 0.25) is 0 Å². The first-order valence-electron chi connectivity index (χ1n) is 6.04. The zero-order valence-electron chi connectivity index (χ0n) is 10.1. The molecule has 0 amide bonds. The molecule has 1 aromatic heterocycles. The molecule has 0 spiro atoms. The summed E-state index contributed by atoms with van der Waals surface area (Å²) in [6.45, 7) is 3.22. The minimum absolute atomic E-state index is 0.132. The SMILES string of the molecule is CC(N)C(c1cccnc1)N(C)CC1CC1. The zero-order valence-corrected chi connectivity index (χ0v) is 10.1. The van der Waals surface area contributed by atoms with Crippen LogP contribution in [0.5, 0.6) is 0 Å². The predicted molar refractivity (Wildman–Crippen MR) is 66.0 cm³/mol. The van der Waals surface area contributed by atoms with Gasteiger partial charge < -0.3 is 5.73 Å². The Bertz CT molecular complexity index is 319. The van der Waals surface area contributed by atoms with Crippen molar-refractivity contribution < 1.29 is 0 Å². The second-order valence-corrected chi connectivity index (χ2v) is 4.97. The Balaban J connectivity index is 2.09. The number of hydrogen-bond acceptors (Lipinski definition) is 3. The van der Waals surface area contributed by atoms with Crippen molar-refractivity contribution in [3.63, 3.8) is 0 Å². The van der Waals surface area contributed by atoms with Gasteiger partial charge in [0.15, 0.2) is 0 Å². The standard InChI is InChI=1S/C13H21N3/c1-10(14)13(12-4-3-7-15-8-12)16(2)9-11-5-6-11/h3-4,7-8,10-11,13H,5-6,9,14H2,1-2H3. The van der Waals surface area contributed by atoms with E-state index in [1.54, 1.807) is 0 Å². The van der Waals surface area contributed by atoms with E-state index >= 15 is 0 Å². The van der Waals surface area contributed by atoms with Crippen molar-refractivity contribution in [2.45, 2.75) is 31.8 Å². The second-order valence-electron chi connectivity index (χ2n) is 4.97. The van der Waals surface area contributed by atoms with E-state index in [1.165, 1.54) is 18.4 Å². The van der Waals surface area contributed by atoms with Gasteiger partial charge in [-0.25, -0.2) is 0 Å². The fraction of sp³-hybridized carbons (Fsp3) is 0.615. The van der Waals surface area contributed by atoms with E-state index in [1.807, 2.05) is 18.5 Å². The van der Waals surface area contributed by atoms with Crippen LogP contribution >= 0.6 is 0 Å². The number of rotatable bonds is 5. The summed E-state index contributed by atoms with van der Waals surface area (Å²) in [7, 11) is 2.17. The predicted octanol–water partition coefficient (Wildman–Crippen LogP) is 1.81. The van der Waals surface area contributed by atoms with Crippen molar-refractivity contribution in [2.75, 3.05) is 13.6 Å². The van der Waals surface area contributed by atoms with Gasteiger partial charge in [-0.05, 0) is 44.4 Å². The molecular formula is C13H21N3. The Morgan fingerprint density at radius 2 is 2.31 bits per heavy atom. The van der Waals surface area contributed by atoms with Crippen molar-refractivity contribution in [3.05, 3.63) is 30.1 Å². The lowest BCUT2D eigenvalue weighted by atomic mass is 10.0. The number of aromatic nitrogens is 1. The maximum Gasteiger partial charge on any atom is 0.0509 e. The lowest BCUT2D eigenvalue weighted by Gasteiger charge is -2.31. The summed E-state index contributed by atoms with van der Waals surface area (Å²) in [6, 6.07) is 4.52. The number of likely N-dealkylation sites (N-methyl/N-ethyl adjacent to an activating group) is 1. The lowest BCUT2D eigenvalue weighted by Crippen LogP contribution is -2.38. The molecule has 0 radical (unpaired) electrons. The Morgan fingerprint density at radius 1 is 1.56 bits per heavy atom. The third-order valence-electron chi connectivity index (χ3n) is 3.24. The topological polar surface area (TPSA) is 42.1 Å². The van der Waals surface area contributed by atoms with E-state index in [2.05, 4.69) is 29.9 Å². The highest BCUT2D eigenvalue weighted by molar-refractivity contribution is 5.16. The molecule has 1 heterocycles. The molecule has 1 aliphatic carbocycles. The van der Waals surface area contributed by atoms with Gasteiger partial charge in [0, 0.05) is 25.0 Å². The molecule has 2 N–H and O–H groups in total. The minimum atomic E-state index is 0.132. The number of nitrogens with zero attached hydrogens (tertiary/aromatic N) is 2. The van der Waals surface area contributed by atoms with Gasteiger partial charge in [-0.3, -0.25) is 9.88 Å². The van der Waals surface area contributed by atoms with Gasteiger partial charge in [-0.2, -0.15) is 0 Å². The number of nitrogens with two attached hydrogens (primary N) is 1. The summed E-state index contributed by atoms with van der Waals surface area (Å²) in [4.78, 5) is 6.56. The Hall–Kier alpha value is -0.930. The van der Waals surface area contributed by atoms with Crippen LogP contribution in [-0.4, -0.2) is 29.5 Å². The molecule has 16 heavy (non-hydrogen) atoms. The maximum absolute atomic E-state index is 6.10. The largest absolute Gasteiger partial charge is 0.326 e. The van der Waals surface area contributed by atoms with Crippen molar-refractivity contribution in [2.24, 2.45) is 11.7 Å². The highest BCUT2D eigenvalue weighted by Crippen LogP contribution is 2.32. The van der Waals surface area contributed by atoms with E-state index in [-0.39, 0.29) is 12.1 Å². The van der Waals surface area contributed by atoms with E-state index in [4.69, 9.17) is 5.73 Å². The van der Waals surface area contributed by atoms with E-state index in [0.717, 1.165) is 12.5 Å². The molecule has 3 heteroatoms. The zero-order chi connectivity index (χ0) is 11.5. The van der Waals surface area contributed by atoms with E-state index in [0.29, 0.717) is 0 Å². The fourth-order valence-electron chi connectivity index (χ4n) is 2.33. The smallest absolute Gasteiger partial charge is 0.0509 e. The highest BCUT2D eigenvalue weighted by Gasteiger charge is 2.28. The summed E-state index contributed by atoms with van der Waals surface area (Å²) in [5.74, 6) is 0.892. The summed E-state index contributed by atoms with van der Waals surface area (Å²) in [5.41, 5.74) is 7.32. The van der Waals surface area contributed by atoms with Crippen LogP contribution in [0.4, 0.5) is 0 Å². The first-order chi connectivity index (χ1) is 7.68. The Kier molecular flexibility index (Phi) is 3.56. The molecule has 1 aromatic rings. The third-order valence-corrected chi connectivity index (χ3v) is 3.24. The molecule has 88 valence electrons. The molecule has 1 fully saturated rings. The van der Waals surface area contributed by atoms with Crippen LogP contribution in [0.2, 0.25) is 0 Å². The summed E-state index contributed by atoms with van der Waals surface area (Å²) in [5, 5.41) is 0. The molecule has 0 bridgehead atoms. The summed E-state index contributed by atoms with van der Waals surface area (Å²) in [6.07, 6.45) is 6.49. The van der Waals surface area contributed by atoms with Crippen LogP contribution in [-0.2, 0) is 0 Å². The quantitative estimate of drug-likeness (QED) is 0.821. The second kappa shape index (κ2) is 4.93. The first kappa shape index (κ1) is 11.6. The van der Waals surface area contributed by atoms with Gasteiger partial charge in [-0.15, -0.1) is 0 Å². The highest BCUT2D eigenvalue weighted by atomic mass is 15.2. The molecule has 0 aromatic carbocycles. The summed E-state index contributed by atoms with van der Waals surface area (Å²) >= 11 is 0. The molecule has 2 rings (SSSR count). The van der Waals surface area contributed by atoms with Crippen LogP contribution < -0.4 is 5.73 Å². The molecule has 0 saturated heterocycles. The van der Waals surface area contributed by atoms with Crippen LogP contribution in [0.25, 0.3) is 0 Å². The van der Waals surface area contributed by atoms with Gasteiger partial charge in [0.25, 0.3) is 0 Å². The van der Waals surface area contributed by atoms with Crippen LogP contribution in [0, 0.1) is 5.92 Å².